The van der Waals surface area contributed by atoms with E-state index in [1.165, 1.54) is 12.1 Å². The number of carbonyl (C=O) groups is 1. The molecule has 2 nitrogen and oxygen atoms in total. The summed E-state index contributed by atoms with van der Waals surface area (Å²) < 4.78 is 25.7. The van der Waals surface area contributed by atoms with Gasteiger partial charge in [0.05, 0.1) is 0 Å². The molecule has 0 amide bonds. The predicted molar refractivity (Wildman–Crippen MR) is 52.5 cm³/mol. The highest BCUT2D eigenvalue weighted by Gasteiger charge is 2.39. The molecular weight excluding hydrogens is 226 g/mol. The van der Waals surface area contributed by atoms with E-state index < -0.39 is 18.3 Å². The summed E-state index contributed by atoms with van der Waals surface area (Å²) in [5.74, 6) is -5.92. The molecular formula is C10H9ClF2O2. The predicted octanol–water partition coefficient (Wildman–Crippen LogP) is 2.91. The summed E-state index contributed by atoms with van der Waals surface area (Å²) in [4.78, 5) is 10.2. The topological polar surface area (TPSA) is 37.3 Å². The number of benzene rings is 1. The molecule has 15 heavy (non-hydrogen) atoms. The van der Waals surface area contributed by atoms with Gasteiger partial charge in [-0.3, -0.25) is 0 Å². The van der Waals surface area contributed by atoms with Crippen LogP contribution in [0.3, 0.4) is 0 Å². The maximum Gasteiger partial charge on any atom is 0.374 e. The van der Waals surface area contributed by atoms with Crippen LogP contribution >= 0.6 is 11.6 Å². The monoisotopic (exact) mass is 234 g/mol. The number of aliphatic carboxylic acids is 1. The molecule has 0 saturated heterocycles. The van der Waals surface area contributed by atoms with Gasteiger partial charge in [-0.25, -0.2) is 4.79 Å². The van der Waals surface area contributed by atoms with Gasteiger partial charge < -0.3 is 5.11 Å². The smallest absolute Gasteiger partial charge is 0.374 e. The Morgan fingerprint density at radius 3 is 2.60 bits per heavy atom. The molecule has 0 bridgehead atoms. The van der Waals surface area contributed by atoms with Crippen molar-refractivity contribution in [3.63, 3.8) is 0 Å². The van der Waals surface area contributed by atoms with Gasteiger partial charge in [0.15, 0.2) is 0 Å². The molecule has 0 aliphatic carbocycles. The van der Waals surface area contributed by atoms with Crippen LogP contribution in [0.4, 0.5) is 8.78 Å². The van der Waals surface area contributed by atoms with E-state index in [1.807, 2.05) is 0 Å². The van der Waals surface area contributed by atoms with Crippen LogP contribution in [0, 0.1) is 6.92 Å². The average molecular weight is 235 g/mol. The van der Waals surface area contributed by atoms with Crippen LogP contribution in [0.1, 0.15) is 11.1 Å². The van der Waals surface area contributed by atoms with E-state index in [-0.39, 0.29) is 10.6 Å². The normalized spacial score (nSPS) is 11.5. The van der Waals surface area contributed by atoms with Crippen molar-refractivity contribution in [2.24, 2.45) is 0 Å². The molecule has 1 N–H and O–H groups in total. The van der Waals surface area contributed by atoms with Crippen LogP contribution in [-0.2, 0) is 11.2 Å². The van der Waals surface area contributed by atoms with E-state index in [0.717, 1.165) is 5.56 Å². The Kier molecular flexibility index (Phi) is 3.29. The van der Waals surface area contributed by atoms with Gasteiger partial charge >= 0.3 is 11.9 Å². The third-order valence-corrected chi connectivity index (χ3v) is 2.29. The number of carboxylic acids is 1. The minimum Gasteiger partial charge on any atom is -0.477 e. The molecule has 0 unspecified atom stereocenters. The third kappa shape index (κ3) is 2.89. The lowest BCUT2D eigenvalue weighted by atomic mass is 10.1. The van der Waals surface area contributed by atoms with E-state index in [0.29, 0.717) is 0 Å². The van der Waals surface area contributed by atoms with E-state index >= 15 is 0 Å². The first-order valence-corrected chi connectivity index (χ1v) is 4.57. The minimum absolute atomic E-state index is 0.134. The number of alkyl halides is 2. The lowest BCUT2D eigenvalue weighted by molar-refractivity contribution is -0.164. The zero-order chi connectivity index (χ0) is 11.6. The number of hydrogen-bond acceptors (Lipinski definition) is 1. The molecule has 0 heterocycles. The second-order valence-corrected chi connectivity index (χ2v) is 3.69. The van der Waals surface area contributed by atoms with Gasteiger partial charge in [-0.15, -0.1) is 0 Å². The summed E-state index contributed by atoms with van der Waals surface area (Å²) in [6.07, 6.45) is -0.887. The quantitative estimate of drug-likeness (QED) is 0.873. The van der Waals surface area contributed by atoms with Gasteiger partial charge in [0.1, 0.15) is 0 Å². The van der Waals surface area contributed by atoms with Crippen molar-refractivity contribution in [2.75, 3.05) is 0 Å². The zero-order valence-corrected chi connectivity index (χ0v) is 8.68. The van der Waals surface area contributed by atoms with Crippen LogP contribution in [0.15, 0.2) is 18.2 Å². The molecule has 1 aromatic rings. The number of carboxylic acid groups (broad SMARTS) is 1. The van der Waals surface area contributed by atoms with Gasteiger partial charge in [0, 0.05) is 11.4 Å². The van der Waals surface area contributed by atoms with Crippen molar-refractivity contribution >= 4 is 17.6 Å². The number of hydrogen-bond donors (Lipinski definition) is 1. The van der Waals surface area contributed by atoms with Gasteiger partial charge in [0.2, 0.25) is 0 Å². The first-order chi connectivity index (χ1) is 6.83. The fourth-order valence-corrected chi connectivity index (χ4v) is 1.41. The number of aryl methyl sites for hydroxylation is 1. The van der Waals surface area contributed by atoms with E-state index in [4.69, 9.17) is 16.7 Å². The molecule has 5 heteroatoms. The Labute approximate surface area is 90.5 Å². The van der Waals surface area contributed by atoms with Crippen molar-refractivity contribution in [3.05, 3.63) is 34.3 Å². The van der Waals surface area contributed by atoms with Crippen molar-refractivity contribution in [2.45, 2.75) is 19.3 Å². The minimum atomic E-state index is -3.78. The maximum absolute atomic E-state index is 12.9. The van der Waals surface area contributed by atoms with Crippen LogP contribution in [0.5, 0.6) is 0 Å². The molecule has 1 rings (SSSR count). The highest BCUT2D eigenvalue weighted by Crippen LogP contribution is 2.26. The van der Waals surface area contributed by atoms with E-state index in [1.54, 1.807) is 13.0 Å². The summed E-state index contributed by atoms with van der Waals surface area (Å²) in [5.41, 5.74) is 0.969. The van der Waals surface area contributed by atoms with Crippen LogP contribution in [0.25, 0.3) is 0 Å². The highest BCUT2D eigenvalue weighted by atomic mass is 35.5. The summed E-state index contributed by atoms with van der Waals surface area (Å²) in [6.45, 7) is 1.77. The number of rotatable bonds is 3. The van der Waals surface area contributed by atoms with E-state index in [2.05, 4.69) is 0 Å². The first-order valence-electron chi connectivity index (χ1n) is 4.19. The van der Waals surface area contributed by atoms with E-state index in [9.17, 15) is 13.6 Å². The van der Waals surface area contributed by atoms with Crippen molar-refractivity contribution in [1.82, 2.24) is 0 Å². The second-order valence-electron chi connectivity index (χ2n) is 3.28. The lowest BCUT2D eigenvalue weighted by Gasteiger charge is -2.12. The molecule has 0 radical (unpaired) electrons. The van der Waals surface area contributed by atoms with Crippen molar-refractivity contribution in [1.29, 1.82) is 0 Å². The maximum atomic E-state index is 12.9. The Bertz CT molecular complexity index is 391. The lowest BCUT2D eigenvalue weighted by Crippen LogP contribution is -2.30. The highest BCUT2D eigenvalue weighted by molar-refractivity contribution is 6.31. The molecule has 0 spiro atoms. The zero-order valence-electron chi connectivity index (χ0n) is 7.93. The summed E-state index contributed by atoms with van der Waals surface area (Å²) in [6, 6.07) is 4.54. The summed E-state index contributed by atoms with van der Waals surface area (Å²) in [5, 5.41) is 8.42. The molecule has 0 saturated carbocycles. The van der Waals surface area contributed by atoms with Gasteiger partial charge in [0.25, 0.3) is 0 Å². The number of halogens is 3. The van der Waals surface area contributed by atoms with Gasteiger partial charge in [-0.1, -0.05) is 23.7 Å². The van der Waals surface area contributed by atoms with Crippen LogP contribution in [-0.4, -0.2) is 17.0 Å². The largest absolute Gasteiger partial charge is 0.477 e. The summed E-state index contributed by atoms with van der Waals surface area (Å²) in [7, 11) is 0. The van der Waals surface area contributed by atoms with Crippen molar-refractivity contribution < 1.29 is 18.7 Å². The van der Waals surface area contributed by atoms with Crippen molar-refractivity contribution in [3.8, 4) is 0 Å². The Morgan fingerprint density at radius 1 is 1.53 bits per heavy atom. The van der Waals surface area contributed by atoms with Crippen LogP contribution in [0.2, 0.25) is 5.02 Å². The molecule has 0 atom stereocenters. The van der Waals surface area contributed by atoms with Crippen LogP contribution < -0.4 is 0 Å². The molecule has 1 aromatic carbocycles. The third-order valence-electron chi connectivity index (χ3n) is 1.93. The first kappa shape index (κ1) is 11.9. The molecule has 0 aliphatic heterocycles. The van der Waals surface area contributed by atoms with Gasteiger partial charge in [-0.05, 0) is 24.1 Å². The second kappa shape index (κ2) is 4.14. The molecule has 0 aromatic heterocycles. The average Bonchev–Trinajstić information content (AvgIpc) is 2.09. The molecule has 0 fully saturated rings. The summed E-state index contributed by atoms with van der Waals surface area (Å²) >= 11 is 5.71. The van der Waals surface area contributed by atoms with Gasteiger partial charge in [-0.2, -0.15) is 8.78 Å². The Morgan fingerprint density at radius 2 is 2.13 bits per heavy atom. The fraction of sp³-hybridized carbons (Fsp3) is 0.300. The Hall–Kier alpha value is -1.16. The molecule has 82 valence electrons. The SMILES string of the molecule is Cc1ccc(CC(F)(F)C(=O)O)c(Cl)c1. The Balaban J connectivity index is 2.95. The standard InChI is InChI=1S/C10H9ClF2O2/c1-6-2-3-7(8(11)4-6)5-10(12,13)9(14)15/h2-4H,5H2,1H3,(H,14,15). The fourth-order valence-electron chi connectivity index (χ4n) is 1.11. The molecule has 0 aliphatic rings.